The lowest BCUT2D eigenvalue weighted by Crippen LogP contribution is -2.54. The number of hydrogen-bond acceptors (Lipinski definition) is 5. The van der Waals surface area contributed by atoms with Crippen LogP contribution in [0.1, 0.15) is 42.2 Å². The van der Waals surface area contributed by atoms with Gasteiger partial charge in [0, 0.05) is 44.9 Å². The van der Waals surface area contributed by atoms with Crippen LogP contribution in [0.4, 0.5) is 0 Å². The number of hydrogen-bond donors (Lipinski definition) is 1. The Morgan fingerprint density at radius 1 is 1.39 bits per heavy atom. The molecule has 150 valence electrons. The summed E-state index contributed by atoms with van der Waals surface area (Å²) in [6, 6.07) is 3.75. The number of likely N-dealkylation sites (tertiary alicyclic amines) is 1. The molecule has 4 rings (SSSR count). The van der Waals surface area contributed by atoms with E-state index in [1.54, 1.807) is 6.20 Å². The van der Waals surface area contributed by atoms with E-state index in [4.69, 9.17) is 4.74 Å². The number of rotatable bonds is 4. The van der Waals surface area contributed by atoms with E-state index in [-0.39, 0.29) is 11.8 Å². The Morgan fingerprint density at radius 2 is 2.18 bits per heavy atom. The van der Waals surface area contributed by atoms with E-state index in [1.165, 1.54) is 11.3 Å². The van der Waals surface area contributed by atoms with Gasteiger partial charge in [0.15, 0.2) is 6.10 Å². The first-order valence-electron chi connectivity index (χ1n) is 9.78. The molecule has 1 saturated heterocycles. The number of piperidine rings is 1. The third kappa shape index (κ3) is 3.58. The van der Waals surface area contributed by atoms with Crippen molar-refractivity contribution in [2.75, 3.05) is 19.6 Å². The second-order valence-electron chi connectivity index (χ2n) is 7.91. The topological polar surface area (TPSA) is 76.5 Å². The van der Waals surface area contributed by atoms with Crippen LogP contribution in [0.2, 0.25) is 0 Å². The lowest BCUT2D eigenvalue weighted by atomic mass is 9.88. The smallest absolute Gasteiger partial charge is 0.263 e. The van der Waals surface area contributed by atoms with Crippen molar-refractivity contribution in [1.82, 2.24) is 19.8 Å². The molecule has 1 spiro atoms. The van der Waals surface area contributed by atoms with Crippen LogP contribution in [-0.2, 0) is 21.7 Å². The highest BCUT2D eigenvalue weighted by Crippen LogP contribution is 2.40. The minimum Gasteiger partial charge on any atom is -0.354 e. The summed E-state index contributed by atoms with van der Waals surface area (Å²) in [4.78, 5) is 32.5. The number of fused-ring (bicyclic) bond motifs is 2. The minimum atomic E-state index is -0.617. The Labute approximate surface area is 168 Å². The van der Waals surface area contributed by atoms with E-state index in [0.29, 0.717) is 44.9 Å². The first kappa shape index (κ1) is 19.1. The number of imidazole rings is 1. The number of nitrogens with one attached hydrogen (secondary N) is 1. The van der Waals surface area contributed by atoms with E-state index in [0.717, 1.165) is 10.7 Å². The Kier molecular flexibility index (Phi) is 5.25. The SMILES string of the molecule is CC(C)CNC(=O)C1Cn2ccnc2C2(CCN(C(=O)c3cccs3)CC2)O1. The van der Waals surface area contributed by atoms with Crippen LogP contribution in [0.15, 0.2) is 29.9 Å². The molecule has 28 heavy (non-hydrogen) atoms. The van der Waals surface area contributed by atoms with Crippen molar-refractivity contribution in [1.29, 1.82) is 0 Å². The average molecular weight is 403 g/mol. The monoisotopic (exact) mass is 402 g/mol. The standard InChI is InChI=1S/C20H26N4O3S/c1-14(2)12-22-17(25)15-13-24-10-7-21-19(24)20(27-15)5-8-23(9-6-20)18(26)16-4-3-11-28-16/h3-4,7,10-11,14-15H,5-6,8-9,12-13H2,1-2H3,(H,22,25). The Balaban J connectivity index is 1.49. The summed E-state index contributed by atoms with van der Waals surface area (Å²) in [7, 11) is 0. The van der Waals surface area contributed by atoms with Gasteiger partial charge in [-0.05, 0) is 17.4 Å². The second-order valence-corrected chi connectivity index (χ2v) is 8.86. The molecule has 4 heterocycles. The quantitative estimate of drug-likeness (QED) is 0.851. The van der Waals surface area contributed by atoms with Gasteiger partial charge in [0.05, 0.1) is 11.4 Å². The third-order valence-corrected chi connectivity index (χ3v) is 6.28. The lowest BCUT2D eigenvalue weighted by molar-refractivity contribution is -0.172. The van der Waals surface area contributed by atoms with E-state index in [2.05, 4.69) is 24.1 Å². The summed E-state index contributed by atoms with van der Waals surface area (Å²) in [6.07, 6.45) is 4.40. The molecule has 2 aliphatic rings. The molecule has 1 fully saturated rings. The largest absolute Gasteiger partial charge is 0.354 e. The summed E-state index contributed by atoms with van der Waals surface area (Å²) in [5, 5.41) is 4.90. The maximum atomic E-state index is 12.7. The fourth-order valence-electron chi connectivity index (χ4n) is 3.92. The molecule has 8 heteroatoms. The number of ether oxygens (including phenoxy) is 1. The summed E-state index contributed by atoms with van der Waals surface area (Å²) in [5.41, 5.74) is -0.617. The minimum absolute atomic E-state index is 0.0650. The summed E-state index contributed by atoms with van der Waals surface area (Å²) in [5.74, 6) is 1.24. The van der Waals surface area contributed by atoms with Gasteiger partial charge < -0.3 is 19.5 Å². The molecule has 0 saturated carbocycles. The fraction of sp³-hybridized carbons (Fsp3) is 0.550. The highest BCUT2D eigenvalue weighted by atomic mass is 32.1. The van der Waals surface area contributed by atoms with Crippen LogP contribution in [0.3, 0.4) is 0 Å². The van der Waals surface area contributed by atoms with Gasteiger partial charge in [-0.3, -0.25) is 9.59 Å². The number of amides is 2. The van der Waals surface area contributed by atoms with Gasteiger partial charge >= 0.3 is 0 Å². The molecule has 2 aromatic heterocycles. The summed E-state index contributed by atoms with van der Waals surface area (Å²) in [6.45, 7) is 6.41. The highest BCUT2D eigenvalue weighted by Gasteiger charge is 2.47. The average Bonchev–Trinajstić information content (AvgIpc) is 3.38. The van der Waals surface area contributed by atoms with Crippen LogP contribution >= 0.6 is 11.3 Å². The number of aromatic nitrogens is 2. The molecule has 0 radical (unpaired) electrons. The van der Waals surface area contributed by atoms with Crippen molar-refractivity contribution >= 4 is 23.2 Å². The normalized spacial score (nSPS) is 21.0. The van der Waals surface area contributed by atoms with Crippen LogP contribution in [0, 0.1) is 5.92 Å². The van der Waals surface area contributed by atoms with E-state index in [9.17, 15) is 9.59 Å². The molecule has 0 aliphatic carbocycles. The van der Waals surface area contributed by atoms with E-state index in [1.807, 2.05) is 33.2 Å². The lowest BCUT2D eigenvalue weighted by Gasteiger charge is -2.45. The first-order valence-corrected chi connectivity index (χ1v) is 10.7. The van der Waals surface area contributed by atoms with Crippen molar-refractivity contribution in [2.24, 2.45) is 5.92 Å². The van der Waals surface area contributed by atoms with Gasteiger partial charge in [0.25, 0.3) is 11.8 Å². The van der Waals surface area contributed by atoms with Crippen LogP contribution in [0.5, 0.6) is 0 Å². The summed E-state index contributed by atoms with van der Waals surface area (Å²) >= 11 is 1.46. The molecule has 0 bridgehead atoms. The third-order valence-electron chi connectivity index (χ3n) is 5.42. The van der Waals surface area contributed by atoms with Crippen molar-refractivity contribution in [3.63, 3.8) is 0 Å². The predicted octanol–water partition coefficient (Wildman–Crippen LogP) is 2.25. The molecule has 2 amide bonds. The number of thiophene rings is 1. The van der Waals surface area contributed by atoms with Gasteiger partial charge in [-0.25, -0.2) is 4.98 Å². The zero-order valence-corrected chi connectivity index (χ0v) is 17.1. The predicted molar refractivity (Wildman–Crippen MR) is 106 cm³/mol. The Morgan fingerprint density at radius 3 is 2.86 bits per heavy atom. The zero-order chi connectivity index (χ0) is 19.7. The van der Waals surface area contributed by atoms with Crippen LogP contribution < -0.4 is 5.32 Å². The summed E-state index contributed by atoms with van der Waals surface area (Å²) < 4.78 is 8.41. The van der Waals surface area contributed by atoms with Crippen molar-refractivity contribution in [3.8, 4) is 0 Å². The highest BCUT2D eigenvalue weighted by molar-refractivity contribution is 7.12. The molecule has 2 aromatic rings. The Bertz CT molecular complexity index is 838. The number of carbonyl (C=O) groups excluding carboxylic acids is 2. The van der Waals surface area contributed by atoms with Gasteiger partial charge in [0.2, 0.25) is 0 Å². The Hall–Kier alpha value is -2.19. The van der Waals surface area contributed by atoms with Gasteiger partial charge in [-0.2, -0.15) is 0 Å². The van der Waals surface area contributed by atoms with Crippen LogP contribution in [-0.4, -0.2) is 52.0 Å². The molecule has 1 N–H and O–H groups in total. The zero-order valence-electron chi connectivity index (χ0n) is 16.3. The van der Waals surface area contributed by atoms with Gasteiger partial charge in [0.1, 0.15) is 11.4 Å². The van der Waals surface area contributed by atoms with Crippen molar-refractivity contribution < 1.29 is 14.3 Å². The molecular weight excluding hydrogens is 376 g/mol. The van der Waals surface area contributed by atoms with Gasteiger partial charge in [-0.15, -0.1) is 11.3 Å². The molecule has 7 nitrogen and oxygen atoms in total. The molecule has 1 unspecified atom stereocenters. The van der Waals surface area contributed by atoms with E-state index >= 15 is 0 Å². The van der Waals surface area contributed by atoms with Crippen molar-refractivity contribution in [3.05, 3.63) is 40.6 Å². The molecule has 1 atom stereocenters. The maximum absolute atomic E-state index is 12.7. The molecule has 2 aliphatic heterocycles. The molecular formula is C20H26N4O3S. The van der Waals surface area contributed by atoms with E-state index < -0.39 is 11.7 Å². The number of nitrogens with zero attached hydrogens (tertiary/aromatic N) is 3. The fourth-order valence-corrected chi connectivity index (χ4v) is 4.61. The van der Waals surface area contributed by atoms with Gasteiger partial charge in [-0.1, -0.05) is 19.9 Å². The first-order chi connectivity index (χ1) is 13.5. The molecule has 0 aromatic carbocycles. The number of carbonyl (C=O) groups is 2. The van der Waals surface area contributed by atoms with Crippen LogP contribution in [0.25, 0.3) is 0 Å². The second kappa shape index (κ2) is 7.67. The maximum Gasteiger partial charge on any atom is 0.263 e. The van der Waals surface area contributed by atoms with Crippen molar-refractivity contribution in [2.45, 2.75) is 44.9 Å².